The number of sulfonamides is 1. The van der Waals surface area contributed by atoms with E-state index < -0.39 is 10.0 Å². The van der Waals surface area contributed by atoms with Gasteiger partial charge in [0.1, 0.15) is 5.82 Å². The van der Waals surface area contributed by atoms with E-state index in [9.17, 15) is 8.42 Å². The van der Waals surface area contributed by atoms with Crippen LogP contribution in [0.25, 0.3) is 11.0 Å². The molecule has 0 spiro atoms. The molecule has 128 valence electrons. The van der Waals surface area contributed by atoms with Crippen molar-refractivity contribution >= 4 is 26.7 Å². The molecule has 2 aromatic rings. The summed E-state index contributed by atoms with van der Waals surface area (Å²) in [6, 6.07) is 5.59. The van der Waals surface area contributed by atoms with Gasteiger partial charge in [-0.3, -0.25) is 4.72 Å². The van der Waals surface area contributed by atoms with E-state index >= 15 is 0 Å². The van der Waals surface area contributed by atoms with Crippen molar-refractivity contribution in [2.24, 2.45) is 0 Å². The molecule has 1 heterocycles. The standard InChI is InChI=1S/C17H27N3O2S/c1-4-6-7-8-12-20-16-11-10-14(19-23(3,21)22)13-15(16)18-17(20)9-5-2/h10-11,13,19H,4-9,12H2,1-3H3. The van der Waals surface area contributed by atoms with Crippen LogP contribution in [0.5, 0.6) is 0 Å². The first kappa shape index (κ1) is 17.8. The van der Waals surface area contributed by atoms with Crippen LogP contribution in [0, 0.1) is 0 Å². The Morgan fingerprint density at radius 1 is 1.13 bits per heavy atom. The third kappa shape index (κ3) is 4.96. The first-order valence-corrected chi connectivity index (χ1v) is 10.3. The van der Waals surface area contributed by atoms with E-state index in [0.717, 1.165) is 48.9 Å². The molecule has 0 aliphatic carbocycles. The quantitative estimate of drug-likeness (QED) is 0.705. The van der Waals surface area contributed by atoms with Crippen molar-refractivity contribution < 1.29 is 8.42 Å². The molecule has 1 N–H and O–H groups in total. The summed E-state index contributed by atoms with van der Waals surface area (Å²) in [6.07, 6.45) is 8.02. The van der Waals surface area contributed by atoms with E-state index in [4.69, 9.17) is 4.98 Å². The van der Waals surface area contributed by atoms with Crippen molar-refractivity contribution in [3.05, 3.63) is 24.0 Å². The van der Waals surface area contributed by atoms with E-state index in [0.29, 0.717) is 5.69 Å². The molecular weight excluding hydrogens is 310 g/mol. The number of fused-ring (bicyclic) bond motifs is 1. The molecule has 0 aliphatic heterocycles. The molecule has 0 amide bonds. The minimum Gasteiger partial charge on any atom is -0.328 e. The summed E-state index contributed by atoms with van der Waals surface area (Å²) in [7, 11) is -3.26. The molecular formula is C17H27N3O2S. The maximum atomic E-state index is 11.4. The van der Waals surface area contributed by atoms with Crippen LogP contribution in [0.2, 0.25) is 0 Å². The number of nitrogens with one attached hydrogen (secondary N) is 1. The molecule has 0 atom stereocenters. The summed E-state index contributed by atoms with van der Waals surface area (Å²) in [4.78, 5) is 4.72. The van der Waals surface area contributed by atoms with Crippen LogP contribution < -0.4 is 4.72 Å². The number of aryl methyl sites for hydroxylation is 2. The lowest BCUT2D eigenvalue weighted by molar-refractivity contribution is 0.572. The number of rotatable bonds is 9. The predicted octanol–water partition coefficient (Wildman–Crippen LogP) is 3.94. The van der Waals surface area contributed by atoms with Crippen molar-refractivity contribution in [1.29, 1.82) is 0 Å². The number of anilines is 1. The van der Waals surface area contributed by atoms with Crippen LogP contribution in [-0.2, 0) is 23.0 Å². The van der Waals surface area contributed by atoms with Crippen LogP contribution in [-0.4, -0.2) is 24.2 Å². The van der Waals surface area contributed by atoms with E-state index in [-0.39, 0.29) is 0 Å². The van der Waals surface area contributed by atoms with Crippen molar-refractivity contribution in [3.63, 3.8) is 0 Å². The second kappa shape index (κ2) is 7.81. The summed E-state index contributed by atoms with van der Waals surface area (Å²) in [5.41, 5.74) is 2.51. The molecule has 6 heteroatoms. The number of nitrogens with zero attached hydrogens (tertiary/aromatic N) is 2. The van der Waals surface area contributed by atoms with Gasteiger partial charge in [-0.2, -0.15) is 0 Å². The molecule has 0 aliphatic rings. The fourth-order valence-electron chi connectivity index (χ4n) is 2.82. The summed E-state index contributed by atoms with van der Waals surface area (Å²) in [5, 5.41) is 0. The van der Waals surface area contributed by atoms with E-state index in [1.165, 1.54) is 19.3 Å². The van der Waals surface area contributed by atoms with Gasteiger partial charge in [-0.15, -0.1) is 0 Å². The molecule has 0 unspecified atom stereocenters. The molecule has 0 saturated carbocycles. The van der Waals surface area contributed by atoms with Gasteiger partial charge in [0.15, 0.2) is 0 Å². The average molecular weight is 337 g/mol. The van der Waals surface area contributed by atoms with Gasteiger partial charge in [0.05, 0.1) is 23.0 Å². The highest BCUT2D eigenvalue weighted by molar-refractivity contribution is 7.92. The van der Waals surface area contributed by atoms with Crippen LogP contribution in [0.4, 0.5) is 5.69 Å². The van der Waals surface area contributed by atoms with E-state index in [1.807, 2.05) is 18.2 Å². The normalized spacial score (nSPS) is 12.0. The number of imidazole rings is 1. The molecule has 0 saturated heterocycles. The summed E-state index contributed by atoms with van der Waals surface area (Å²) < 4.78 is 27.6. The number of hydrogen-bond donors (Lipinski definition) is 1. The highest BCUT2D eigenvalue weighted by atomic mass is 32.2. The number of hydrogen-bond acceptors (Lipinski definition) is 3. The zero-order valence-electron chi connectivity index (χ0n) is 14.3. The van der Waals surface area contributed by atoms with E-state index in [1.54, 1.807) is 0 Å². The van der Waals surface area contributed by atoms with Gasteiger partial charge >= 0.3 is 0 Å². The van der Waals surface area contributed by atoms with Gasteiger partial charge in [-0.1, -0.05) is 33.1 Å². The Morgan fingerprint density at radius 3 is 2.57 bits per heavy atom. The number of benzene rings is 1. The fourth-order valence-corrected chi connectivity index (χ4v) is 3.37. The first-order valence-electron chi connectivity index (χ1n) is 8.41. The smallest absolute Gasteiger partial charge is 0.229 e. The van der Waals surface area contributed by atoms with Crippen LogP contribution >= 0.6 is 0 Å². The minimum absolute atomic E-state index is 0.568. The lowest BCUT2D eigenvalue weighted by Crippen LogP contribution is -2.09. The van der Waals surface area contributed by atoms with Gasteiger partial charge in [-0.25, -0.2) is 13.4 Å². The number of unbranched alkanes of at least 4 members (excludes halogenated alkanes) is 3. The van der Waals surface area contributed by atoms with Crippen molar-refractivity contribution in [3.8, 4) is 0 Å². The van der Waals surface area contributed by atoms with Crippen LogP contribution in [0.15, 0.2) is 18.2 Å². The molecule has 0 radical (unpaired) electrons. The molecule has 5 nitrogen and oxygen atoms in total. The third-order valence-electron chi connectivity index (χ3n) is 3.84. The van der Waals surface area contributed by atoms with Crippen molar-refractivity contribution in [2.75, 3.05) is 11.0 Å². The van der Waals surface area contributed by atoms with Crippen LogP contribution in [0.1, 0.15) is 51.8 Å². The van der Waals surface area contributed by atoms with Crippen LogP contribution in [0.3, 0.4) is 0 Å². The average Bonchev–Trinajstić information content (AvgIpc) is 2.79. The molecule has 23 heavy (non-hydrogen) atoms. The van der Waals surface area contributed by atoms with Crippen molar-refractivity contribution in [1.82, 2.24) is 9.55 Å². The molecule has 0 fully saturated rings. The Bertz CT molecular complexity index is 751. The Morgan fingerprint density at radius 2 is 1.91 bits per heavy atom. The lowest BCUT2D eigenvalue weighted by atomic mass is 10.2. The Kier molecular flexibility index (Phi) is 6.04. The summed E-state index contributed by atoms with van der Waals surface area (Å²) >= 11 is 0. The van der Waals surface area contributed by atoms with Gasteiger partial charge in [0, 0.05) is 13.0 Å². The van der Waals surface area contributed by atoms with Crippen molar-refractivity contribution in [2.45, 2.75) is 58.9 Å². The third-order valence-corrected chi connectivity index (χ3v) is 4.45. The highest BCUT2D eigenvalue weighted by Gasteiger charge is 2.11. The second-order valence-corrected chi connectivity index (χ2v) is 7.82. The molecule has 1 aromatic carbocycles. The first-order chi connectivity index (χ1) is 10.9. The maximum Gasteiger partial charge on any atom is 0.229 e. The van der Waals surface area contributed by atoms with Gasteiger partial charge < -0.3 is 4.57 Å². The largest absolute Gasteiger partial charge is 0.328 e. The summed E-state index contributed by atoms with van der Waals surface area (Å²) in [5.74, 6) is 1.09. The highest BCUT2D eigenvalue weighted by Crippen LogP contribution is 2.22. The SMILES string of the molecule is CCCCCCn1c(CCC)nc2cc(NS(C)(=O)=O)ccc21. The zero-order chi connectivity index (χ0) is 16.9. The molecule has 1 aromatic heterocycles. The lowest BCUT2D eigenvalue weighted by Gasteiger charge is -2.09. The fraction of sp³-hybridized carbons (Fsp3) is 0.588. The molecule has 0 bridgehead atoms. The number of aromatic nitrogens is 2. The van der Waals surface area contributed by atoms with Gasteiger partial charge in [-0.05, 0) is 31.0 Å². The maximum absolute atomic E-state index is 11.4. The topological polar surface area (TPSA) is 64.0 Å². The monoisotopic (exact) mass is 337 g/mol. The van der Waals surface area contributed by atoms with Gasteiger partial charge in [0.25, 0.3) is 0 Å². The second-order valence-electron chi connectivity index (χ2n) is 6.07. The van der Waals surface area contributed by atoms with E-state index in [2.05, 4.69) is 23.1 Å². The predicted molar refractivity (Wildman–Crippen MR) is 96.3 cm³/mol. The summed E-state index contributed by atoms with van der Waals surface area (Å²) in [6.45, 7) is 5.34. The molecule has 2 rings (SSSR count). The Hall–Kier alpha value is -1.56. The minimum atomic E-state index is -3.26. The Balaban J connectivity index is 2.30. The Labute approximate surface area is 139 Å². The zero-order valence-corrected chi connectivity index (χ0v) is 15.1. The van der Waals surface area contributed by atoms with Gasteiger partial charge in [0.2, 0.25) is 10.0 Å².